The van der Waals surface area contributed by atoms with Gasteiger partial charge in [0, 0.05) is 12.1 Å². The second-order valence-corrected chi connectivity index (χ2v) is 4.63. The molecular formula is C13H23NO3. The molecule has 1 aliphatic rings. The Morgan fingerprint density at radius 3 is 2.88 bits per heavy atom. The topological polar surface area (TPSA) is 50.9 Å². The molecule has 1 saturated heterocycles. The Balaban J connectivity index is 1.88. The van der Waals surface area contributed by atoms with E-state index in [0.717, 1.165) is 25.9 Å². The summed E-state index contributed by atoms with van der Waals surface area (Å²) in [5.74, 6) is -0.0554. The molecule has 4 heteroatoms. The number of epoxide rings is 1. The Morgan fingerprint density at radius 2 is 2.29 bits per heavy atom. The quantitative estimate of drug-likeness (QED) is 0.379. The second kappa shape index (κ2) is 7.45. The molecule has 0 radical (unpaired) electrons. The van der Waals surface area contributed by atoms with Crippen molar-refractivity contribution in [1.82, 2.24) is 5.32 Å². The van der Waals surface area contributed by atoms with Crippen LogP contribution in [0.5, 0.6) is 0 Å². The summed E-state index contributed by atoms with van der Waals surface area (Å²) in [7, 11) is 0. The van der Waals surface area contributed by atoms with Gasteiger partial charge in [-0.15, -0.1) is 0 Å². The predicted molar refractivity (Wildman–Crippen MR) is 66.8 cm³/mol. The Hall–Kier alpha value is -0.870. The van der Waals surface area contributed by atoms with Crippen molar-refractivity contribution < 1.29 is 14.3 Å². The molecule has 1 amide bonds. The van der Waals surface area contributed by atoms with E-state index in [1.54, 1.807) is 6.92 Å². The summed E-state index contributed by atoms with van der Waals surface area (Å²) in [6.45, 7) is 9.65. The van der Waals surface area contributed by atoms with E-state index in [1.165, 1.54) is 0 Å². The molecular weight excluding hydrogens is 218 g/mol. The average Bonchev–Trinajstić information content (AvgIpc) is 3.09. The van der Waals surface area contributed by atoms with Crippen molar-refractivity contribution in [1.29, 1.82) is 0 Å². The fourth-order valence-corrected chi connectivity index (χ4v) is 1.43. The van der Waals surface area contributed by atoms with Gasteiger partial charge in [-0.3, -0.25) is 4.79 Å². The van der Waals surface area contributed by atoms with E-state index in [1.807, 2.05) is 0 Å². The van der Waals surface area contributed by atoms with Gasteiger partial charge < -0.3 is 14.8 Å². The lowest BCUT2D eigenvalue weighted by molar-refractivity contribution is -0.117. The van der Waals surface area contributed by atoms with Gasteiger partial charge in [-0.25, -0.2) is 0 Å². The maximum absolute atomic E-state index is 11.2. The number of amides is 1. The van der Waals surface area contributed by atoms with E-state index in [2.05, 4.69) is 18.8 Å². The number of unbranched alkanes of at least 4 members (excludes halogenated alkanes) is 1. The molecule has 1 heterocycles. The maximum atomic E-state index is 11.2. The summed E-state index contributed by atoms with van der Waals surface area (Å²) < 4.78 is 10.7. The zero-order valence-corrected chi connectivity index (χ0v) is 10.8. The van der Waals surface area contributed by atoms with Gasteiger partial charge in [0.1, 0.15) is 6.10 Å². The lowest BCUT2D eigenvalue weighted by Gasteiger charge is -2.12. The smallest absolute Gasteiger partial charge is 0.246 e. The fraction of sp³-hybridized carbons (Fsp3) is 0.769. The van der Waals surface area contributed by atoms with Crippen LogP contribution in [0.3, 0.4) is 0 Å². The van der Waals surface area contributed by atoms with Crippen molar-refractivity contribution in [3.05, 3.63) is 12.2 Å². The first-order chi connectivity index (χ1) is 8.09. The van der Waals surface area contributed by atoms with Crippen molar-refractivity contribution in [2.45, 2.75) is 45.3 Å². The Morgan fingerprint density at radius 1 is 1.59 bits per heavy atom. The summed E-state index contributed by atoms with van der Waals surface area (Å²) in [6, 6.07) is 0. The zero-order chi connectivity index (χ0) is 12.7. The highest BCUT2D eigenvalue weighted by Crippen LogP contribution is 2.12. The van der Waals surface area contributed by atoms with Crippen LogP contribution < -0.4 is 5.32 Å². The van der Waals surface area contributed by atoms with Crippen LogP contribution in [0.1, 0.15) is 33.1 Å². The molecule has 1 aliphatic heterocycles. The van der Waals surface area contributed by atoms with Gasteiger partial charge in [-0.05, 0) is 33.1 Å². The van der Waals surface area contributed by atoms with Crippen molar-refractivity contribution in [2.75, 3.05) is 19.8 Å². The molecule has 0 aromatic carbocycles. The zero-order valence-electron chi connectivity index (χ0n) is 10.8. The number of nitrogens with one attached hydrogen (secondary N) is 1. The molecule has 0 aromatic heterocycles. The Labute approximate surface area is 103 Å². The second-order valence-electron chi connectivity index (χ2n) is 4.63. The van der Waals surface area contributed by atoms with Crippen LogP contribution in [-0.2, 0) is 14.3 Å². The molecule has 0 bridgehead atoms. The molecule has 2 unspecified atom stereocenters. The van der Waals surface area contributed by atoms with Gasteiger partial charge in [-0.1, -0.05) is 6.58 Å². The lowest BCUT2D eigenvalue weighted by atomic mass is 10.1. The molecule has 0 saturated carbocycles. The maximum Gasteiger partial charge on any atom is 0.246 e. The van der Waals surface area contributed by atoms with Gasteiger partial charge in [0.25, 0.3) is 0 Å². The number of carbonyl (C=O) groups is 1. The van der Waals surface area contributed by atoms with Crippen LogP contribution in [0.2, 0.25) is 0 Å². The van der Waals surface area contributed by atoms with E-state index in [0.29, 0.717) is 24.8 Å². The van der Waals surface area contributed by atoms with Crippen molar-refractivity contribution in [2.24, 2.45) is 0 Å². The van der Waals surface area contributed by atoms with Crippen molar-refractivity contribution in [3.63, 3.8) is 0 Å². The van der Waals surface area contributed by atoms with E-state index in [9.17, 15) is 4.79 Å². The molecule has 1 fully saturated rings. The van der Waals surface area contributed by atoms with Crippen LogP contribution in [0, 0.1) is 0 Å². The van der Waals surface area contributed by atoms with Gasteiger partial charge in [0.15, 0.2) is 0 Å². The summed E-state index contributed by atoms with van der Waals surface area (Å²) >= 11 is 0. The summed E-state index contributed by atoms with van der Waals surface area (Å²) in [5.41, 5.74) is 0.561. The molecule has 17 heavy (non-hydrogen) atoms. The number of ether oxygens (including phenoxy) is 2. The first-order valence-electron chi connectivity index (χ1n) is 6.26. The van der Waals surface area contributed by atoms with Gasteiger partial charge in [0.2, 0.25) is 5.91 Å². The van der Waals surface area contributed by atoms with Gasteiger partial charge >= 0.3 is 0 Å². The fourth-order valence-electron chi connectivity index (χ4n) is 1.43. The number of rotatable bonds is 9. The minimum Gasteiger partial charge on any atom is -0.376 e. The molecule has 0 spiro atoms. The third kappa shape index (κ3) is 7.13. The molecule has 98 valence electrons. The minimum atomic E-state index is -0.0554. The monoisotopic (exact) mass is 241 g/mol. The molecule has 1 N–H and O–H groups in total. The van der Waals surface area contributed by atoms with Crippen molar-refractivity contribution >= 4 is 5.91 Å². The Kier molecular flexibility index (Phi) is 6.22. The van der Waals surface area contributed by atoms with Crippen LogP contribution in [-0.4, -0.2) is 37.9 Å². The third-order valence-electron chi connectivity index (χ3n) is 2.68. The van der Waals surface area contributed by atoms with E-state index < -0.39 is 0 Å². The lowest BCUT2D eigenvalue weighted by Crippen LogP contribution is -2.24. The van der Waals surface area contributed by atoms with E-state index in [-0.39, 0.29) is 12.0 Å². The number of hydrogen-bond acceptors (Lipinski definition) is 3. The van der Waals surface area contributed by atoms with Crippen LogP contribution >= 0.6 is 0 Å². The third-order valence-corrected chi connectivity index (χ3v) is 2.68. The summed E-state index contributed by atoms with van der Waals surface area (Å²) in [4.78, 5) is 11.2. The van der Waals surface area contributed by atoms with E-state index in [4.69, 9.17) is 9.47 Å². The van der Waals surface area contributed by atoms with Gasteiger partial charge in [0.05, 0.1) is 19.3 Å². The van der Waals surface area contributed by atoms with Crippen LogP contribution in [0.15, 0.2) is 12.2 Å². The first-order valence-corrected chi connectivity index (χ1v) is 6.26. The van der Waals surface area contributed by atoms with Crippen LogP contribution in [0.4, 0.5) is 0 Å². The molecule has 2 atom stereocenters. The predicted octanol–water partition coefficient (Wildman–Crippen LogP) is 1.65. The first kappa shape index (κ1) is 14.2. The summed E-state index contributed by atoms with van der Waals surface area (Å²) in [6.07, 6.45) is 3.68. The highest BCUT2D eigenvalue weighted by atomic mass is 16.6. The normalized spacial score (nSPS) is 19.8. The number of hydrogen-bond donors (Lipinski definition) is 1. The average molecular weight is 241 g/mol. The van der Waals surface area contributed by atoms with Crippen molar-refractivity contribution in [3.8, 4) is 0 Å². The van der Waals surface area contributed by atoms with Gasteiger partial charge in [-0.2, -0.15) is 0 Å². The van der Waals surface area contributed by atoms with E-state index >= 15 is 0 Å². The SMILES string of the molecule is C=C(C)C(=O)NCCCCC(C)OCC1CO1. The van der Waals surface area contributed by atoms with Crippen LogP contribution in [0.25, 0.3) is 0 Å². The standard InChI is InChI=1S/C13H23NO3/c1-10(2)13(15)14-7-5-4-6-11(3)16-8-12-9-17-12/h11-12H,1,4-9H2,2-3H3,(H,14,15). The Bertz CT molecular complexity index is 261. The molecule has 1 rings (SSSR count). The molecule has 0 aliphatic carbocycles. The number of carbonyl (C=O) groups excluding carboxylic acids is 1. The molecule has 0 aromatic rings. The highest BCUT2D eigenvalue weighted by molar-refractivity contribution is 5.91. The molecule has 4 nitrogen and oxygen atoms in total. The largest absolute Gasteiger partial charge is 0.376 e. The minimum absolute atomic E-state index is 0.0554. The highest BCUT2D eigenvalue weighted by Gasteiger charge is 2.23. The summed E-state index contributed by atoms with van der Waals surface area (Å²) in [5, 5.41) is 2.82.